The number of halogens is 3. The van der Waals surface area contributed by atoms with Gasteiger partial charge in [0.25, 0.3) is 0 Å². The summed E-state index contributed by atoms with van der Waals surface area (Å²) in [5, 5.41) is 8.45. The Labute approximate surface area is 138 Å². The third-order valence-electron chi connectivity index (χ3n) is 3.92. The zero-order valence-electron chi connectivity index (χ0n) is 12.6. The summed E-state index contributed by atoms with van der Waals surface area (Å²) in [4.78, 5) is -0.902. The Balaban J connectivity index is 2.27. The highest BCUT2D eigenvalue weighted by molar-refractivity contribution is 7.99. The van der Waals surface area contributed by atoms with Gasteiger partial charge < -0.3 is 5.32 Å². The molecule has 3 N–H and O–H groups in total. The molecule has 1 aromatic rings. The van der Waals surface area contributed by atoms with Crippen molar-refractivity contribution in [3.63, 3.8) is 0 Å². The maximum atomic E-state index is 13.1. The molecule has 1 saturated carbocycles. The summed E-state index contributed by atoms with van der Waals surface area (Å²) >= 11 is 1.76. The van der Waals surface area contributed by atoms with Gasteiger partial charge in [-0.25, -0.2) is 13.6 Å². The van der Waals surface area contributed by atoms with Crippen LogP contribution in [-0.4, -0.2) is 26.0 Å². The number of benzene rings is 1. The highest BCUT2D eigenvalue weighted by atomic mass is 32.2. The van der Waals surface area contributed by atoms with Gasteiger partial charge in [0.15, 0.2) is 0 Å². The predicted octanol–water partition coefficient (Wildman–Crippen LogP) is 3.44. The number of thioether (sulfide) groups is 1. The van der Waals surface area contributed by atoms with Crippen molar-refractivity contribution >= 4 is 27.5 Å². The molecule has 2 rings (SSSR count). The summed E-state index contributed by atoms with van der Waals surface area (Å²) in [5.41, 5.74) is -0.973. The van der Waals surface area contributed by atoms with Gasteiger partial charge >= 0.3 is 6.18 Å². The number of alkyl halides is 3. The second-order valence-corrected chi connectivity index (χ2v) is 8.29. The summed E-state index contributed by atoms with van der Waals surface area (Å²) in [5.74, 6) is 0. The van der Waals surface area contributed by atoms with E-state index in [2.05, 4.69) is 5.32 Å². The minimum atomic E-state index is -4.78. The van der Waals surface area contributed by atoms with Gasteiger partial charge in [-0.05, 0) is 43.7 Å². The minimum Gasteiger partial charge on any atom is -0.382 e. The Morgan fingerprint density at radius 3 is 2.57 bits per heavy atom. The third-order valence-corrected chi connectivity index (χ3v) is 5.99. The first-order valence-corrected chi connectivity index (χ1v) is 9.98. The molecule has 9 heteroatoms. The van der Waals surface area contributed by atoms with Gasteiger partial charge in [-0.1, -0.05) is 6.42 Å². The van der Waals surface area contributed by atoms with Gasteiger partial charge in [0.2, 0.25) is 10.0 Å². The summed E-state index contributed by atoms with van der Waals surface area (Å²) in [6.45, 7) is 0. The van der Waals surface area contributed by atoms with Crippen LogP contribution >= 0.6 is 11.8 Å². The van der Waals surface area contributed by atoms with E-state index in [1.54, 1.807) is 11.8 Å². The van der Waals surface area contributed by atoms with Gasteiger partial charge in [0, 0.05) is 17.0 Å². The van der Waals surface area contributed by atoms with Crippen LogP contribution in [0.4, 0.5) is 18.9 Å². The molecule has 1 aliphatic rings. The second kappa shape index (κ2) is 6.90. The van der Waals surface area contributed by atoms with E-state index >= 15 is 0 Å². The van der Waals surface area contributed by atoms with Gasteiger partial charge in [-0.2, -0.15) is 24.9 Å². The molecule has 0 heterocycles. The number of rotatable bonds is 4. The van der Waals surface area contributed by atoms with Crippen molar-refractivity contribution in [3.05, 3.63) is 23.8 Å². The molecule has 130 valence electrons. The first-order valence-electron chi connectivity index (χ1n) is 7.14. The van der Waals surface area contributed by atoms with E-state index in [4.69, 9.17) is 5.14 Å². The van der Waals surface area contributed by atoms with Gasteiger partial charge in [0.1, 0.15) is 0 Å². The summed E-state index contributed by atoms with van der Waals surface area (Å²) < 4.78 is 62.0. The van der Waals surface area contributed by atoms with E-state index in [1.165, 1.54) is 6.07 Å². The number of nitrogens with one attached hydrogen (secondary N) is 1. The number of hydrogen-bond acceptors (Lipinski definition) is 4. The average Bonchev–Trinajstić information content (AvgIpc) is 2.45. The molecule has 23 heavy (non-hydrogen) atoms. The van der Waals surface area contributed by atoms with E-state index in [-0.39, 0.29) is 11.7 Å². The van der Waals surface area contributed by atoms with Gasteiger partial charge in [-0.15, -0.1) is 0 Å². The molecular formula is C14H19F3N2O2S2. The zero-order chi connectivity index (χ0) is 17.3. The standard InChI is InChI=1S/C14H19F3N2O2S2/c1-22-11-4-2-3-9(7-11)19-10-5-6-13(23(18,20)21)12(8-10)14(15,16)17/h5-6,8-9,11,19H,2-4,7H2,1H3,(H2,18,20,21). The van der Waals surface area contributed by atoms with E-state index in [0.29, 0.717) is 5.25 Å². The molecule has 2 unspecified atom stereocenters. The van der Waals surface area contributed by atoms with E-state index < -0.39 is 26.7 Å². The van der Waals surface area contributed by atoms with Crippen molar-refractivity contribution in [3.8, 4) is 0 Å². The minimum absolute atomic E-state index is 0.0858. The lowest BCUT2D eigenvalue weighted by atomic mass is 9.94. The Bertz CT molecular complexity index is 662. The molecule has 1 aromatic carbocycles. The number of hydrogen-bond donors (Lipinski definition) is 2. The quantitative estimate of drug-likeness (QED) is 0.854. The Morgan fingerprint density at radius 1 is 1.30 bits per heavy atom. The van der Waals surface area contributed by atoms with Crippen LogP contribution in [0, 0.1) is 0 Å². The number of primary sulfonamides is 1. The third kappa shape index (κ3) is 4.77. The molecule has 0 amide bonds. The summed E-state index contributed by atoms with van der Waals surface area (Å²) in [6, 6.07) is 3.15. The van der Waals surface area contributed by atoms with E-state index in [9.17, 15) is 21.6 Å². The lowest BCUT2D eigenvalue weighted by Gasteiger charge is -2.29. The van der Waals surface area contributed by atoms with Crippen LogP contribution in [0.15, 0.2) is 23.1 Å². The van der Waals surface area contributed by atoms with Crippen LogP contribution in [0.1, 0.15) is 31.2 Å². The van der Waals surface area contributed by atoms with Crippen LogP contribution in [0.2, 0.25) is 0 Å². The fraction of sp³-hybridized carbons (Fsp3) is 0.571. The largest absolute Gasteiger partial charge is 0.417 e. The Kier molecular flexibility index (Phi) is 5.52. The first kappa shape index (κ1) is 18.4. The van der Waals surface area contributed by atoms with Crippen LogP contribution in [0.25, 0.3) is 0 Å². The molecule has 0 spiro atoms. The summed E-state index contributed by atoms with van der Waals surface area (Å²) in [7, 11) is -4.43. The van der Waals surface area contributed by atoms with Crippen LogP contribution in [0.5, 0.6) is 0 Å². The lowest BCUT2D eigenvalue weighted by Crippen LogP contribution is -2.28. The van der Waals surface area contributed by atoms with Crippen molar-refractivity contribution in [2.75, 3.05) is 11.6 Å². The lowest BCUT2D eigenvalue weighted by molar-refractivity contribution is -0.139. The maximum Gasteiger partial charge on any atom is 0.417 e. The SMILES string of the molecule is CSC1CCCC(Nc2ccc(S(N)(=O)=O)c(C(F)(F)F)c2)C1. The molecule has 0 radical (unpaired) electrons. The summed E-state index contributed by atoms with van der Waals surface area (Å²) in [6.07, 6.45) is 1.13. The molecule has 1 aliphatic carbocycles. The topological polar surface area (TPSA) is 72.2 Å². The van der Waals surface area contributed by atoms with Crippen LogP contribution in [0.3, 0.4) is 0 Å². The number of sulfonamides is 1. The molecule has 0 saturated heterocycles. The smallest absolute Gasteiger partial charge is 0.382 e. The number of nitrogens with two attached hydrogens (primary N) is 1. The molecule has 1 fully saturated rings. The second-order valence-electron chi connectivity index (χ2n) is 5.62. The molecule has 0 bridgehead atoms. The highest BCUT2D eigenvalue weighted by Gasteiger charge is 2.36. The molecular weight excluding hydrogens is 349 g/mol. The number of anilines is 1. The average molecular weight is 368 g/mol. The first-order chi connectivity index (χ1) is 10.6. The van der Waals surface area contributed by atoms with E-state index in [0.717, 1.165) is 37.8 Å². The zero-order valence-corrected chi connectivity index (χ0v) is 14.2. The molecule has 4 nitrogen and oxygen atoms in total. The van der Waals surface area contributed by atoms with Crippen LogP contribution in [-0.2, 0) is 16.2 Å². The van der Waals surface area contributed by atoms with Crippen molar-refractivity contribution < 1.29 is 21.6 Å². The molecule has 2 atom stereocenters. The van der Waals surface area contributed by atoms with Crippen LogP contribution < -0.4 is 10.5 Å². The monoisotopic (exact) mass is 368 g/mol. The van der Waals surface area contributed by atoms with Crippen molar-refractivity contribution in [1.82, 2.24) is 0 Å². The van der Waals surface area contributed by atoms with Crippen molar-refractivity contribution in [2.45, 2.75) is 48.0 Å². The molecule has 0 aliphatic heterocycles. The van der Waals surface area contributed by atoms with Crippen molar-refractivity contribution in [1.29, 1.82) is 0 Å². The van der Waals surface area contributed by atoms with Crippen molar-refractivity contribution in [2.24, 2.45) is 5.14 Å². The Hall–Kier alpha value is -0.930. The van der Waals surface area contributed by atoms with E-state index in [1.807, 2.05) is 6.26 Å². The molecule has 0 aromatic heterocycles. The highest BCUT2D eigenvalue weighted by Crippen LogP contribution is 2.36. The fourth-order valence-electron chi connectivity index (χ4n) is 2.82. The van der Waals surface area contributed by atoms with Gasteiger partial charge in [-0.3, -0.25) is 0 Å². The maximum absolute atomic E-state index is 13.1. The normalized spacial score (nSPS) is 22.8. The predicted molar refractivity (Wildman–Crippen MR) is 86.0 cm³/mol. The fourth-order valence-corrected chi connectivity index (χ4v) is 4.38. The Morgan fingerprint density at radius 2 is 2.00 bits per heavy atom. The van der Waals surface area contributed by atoms with Gasteiger partial charge in [0.05, 0.1) is 10.5 Å².